The van der Waals surface area contributed by atoms with Gasteiger partial charge in [-0.15, -0.1) is 0 Å². The molecule has 0 bridgehead atoms. The first-order valence-electron chi connectivity index (χ1n) is 10.3. The van der Waals surface area contributed by atoms with Gasteiger partial charge in [-0.05, 0) is 31.2 Å². The molecule has 1 atom stereocenters. The van der Waals surface area contributed by atoms with Crippen LogP contribution in [-0.4, -0.2) is 66.0 Å². The number of para-hydroxylation sites is 1. The van der Waals surface area contributed by atoms with E-state index in [1.807, 2.05) is 0 Å². The van der Waals surface area contributed by atoms with E-state index in [0.717, 1.165) is 10.6 Å². The Kier molecular flexibility index (Phi) is 7.77. The maximum atomic E-state index is 13.1. The molecule has 0 fully saturated rings. The molecule has 0 saturated carbocycles. The van der Waals surface area contributed by atoms with Crippen molar-refractivity contribution in [2.24, 2.45) is 0 Å². The summed E-state index contributed by atoms with van der Waals surface area (Å²) in [6.45, 7) is 2.86. The minimum absolute atomic E-state index is 0.249. The Bertz CT molecular complexity index is 1120. The third-order valence-corrected chi connectivity index (χ3v) is 6.13. The summed E-state index contributed by atoms with van der Waals surface area (Å²) in [5, 5.41) is 5.37. The zero-order valence-electron chi connectivity index (χ0n) is 18.7. The lowest BCUT2D eigenvalue weighted by atomic mass is 10.1. The molecule has 0 aliphatic carbocycles. The molecular formula is C22H27N3O7S. The number of carbonyl (C=O) groups is 2. The molecule has 2 aromatic rings. The summed E-state index contributed by atoms with van der Waals surface area (Å²) in [5.74, 6) is -0.0862. The van der Waals surface area contributed by atoms with Crippen LogP contribution in [0.3, 0.4) is 0 Å². The molecule has 11 heteroatoms. The number of benzene rings is 2. The van der Waals surface area contributed by atoms with Crippen LogP contribution in [0, 0.1) is 0 Å². The van der Waals surface area contributed by atoms with Crippen molar-refractivity contribution in [3.63, 3.8) is 0 Å². The number of nitrogens with one attached hydrogen (secondary N) is 2. The van der Waals surface area contributed by atoms with E-state index in [2.05, 4.69) is 10.6 Å². The van der Waals surface area contributed by atoms with Gasteiger partial charge in [0.25, 0.3) is 5.91 Å². The van der Waals surface area contributed by atoms with Gasteiger partial charge in [0.2, 0.25) is 15.9 Å². The number of anilines is 2. The lowest BCUT2D eigenvalue weighted by molar-refractivity contribution is -0.116. The van der Waals surface area contributed by atoms with Crippen molar-refractivity contribution in [3.05, 3.63) is 48.0 Å². The number of hydrogen-bond donors (Lipinski definition) is 2. The zero-order valence-corrected chi connectivity index (χ0v) is 19.5. The number of sulfonamides is 1. The van der Waals surface area contributed by atoms with Crippen molar-refractivity contribution in [2.75, 3.05) is 49.4 Å². The predicted octanol–water partition coefficient (Wildman–Crippen LogP) is 1.63. The molecule has 178 valence electrons. The lowest BCUT2D eigenvalue weighted by Crippen LogP contribution is -2.45. The molecule has 10 nitrogen and oxygen atoms in total. The second kappa shape index (κ2) is 10.5. The van der Waals surface area contributed by atoms with Crippen LogP contribution in [0.2, 0.25) is 0 Å². The summed E-state index contributed by atoms with van der Waals surface area (Å²) >= 11 is 0. The smallest absolute Gasteiger partial charge is 0.253 e. The zero-order chi connectivity index (χ0) is 24.0. The van der Waals surface area contributed by atoms with Gasteiger partial charge in [-0.3, -0.25) is 13.9 Å². The molecule has 0 radical (unpaired) electrons. The first kappa shape index (κ1) is 24.3. The van der Waals surface area contributed by atoms with Crippen LogP contribution >= 0.6 is 0 Å². The Morgan fingerprint density at radius 2 is 1.82 bits per heavy atom. The largest absolute Gasteiger partial charge is 0.486 e. The second-order valence-electron chi connectivity index (χ2n) is 7.35. The number of fused-ring (bicyclic) bond motifs is 1. The van der Waals surface area contributed by atoms with Crippen molar-refractivity contribution in [3.8, 4) is 11.5 Å². The van der Waals surface area contributed by atoms with Gasteiger partial charge in [0, 0.05) is 19.7 Å². The van der Waals surface area contributed by atoms with E-state index in [4.69, 9.17) is 14.2 Å². The highest BCUT2D eigenvalue weighted by molar-refractivity contribution is 7.92. The monoisotopic (exact) mass is 477 g/mol. The summed E-state index contributed by atoms with van der Waals surface area (Å²) in [5.41, 5.74) is 0.772. The lowest BCUT2D eigenvalue weighted by Gasteiger charge is -2.29. The van der Waals surface area contributed by atoms with Crippen LogP contribution < -0.4 is 24.4 Å². The van der Waals surface area contributed by atoms with E-state index in [9.17, 15) is 18.0 Å². The molecular weight excluding hydrogens is 450 g/mol. The Balaban J connectivity index is 1.84. The third-order valence-electron chi connectivity index (χ3n) is 4.89. The molecule has 2 aromatic carbocycles. The van der Waals surface area contributed by atoms with Gasteiger partial charge in [-0.2, -0.15) is 0 Å². The van der Waals surface area contributed by atoms with Crippen molar-refractivity contribution >= 4 is 33.2 Å². The van der Waals surface area contributed by atoms with Crippen LogP contribution in [0.1, 0.15) is 17.3 Å². The third kappa shape index (κ3) is 5.93. The maximum Gasteiger partial charge on any atom is 0.253 e. The molecule has 1 aliphatic rings. The van der Waals surface area contributed by atoms with Crippen LogP contribution in [0.5, 0.6) is 11.5 Å². The first-order chi connectivity index (χ1) is 15.7. The fourth-order valence-corrected chi connectivity index (χ4v) is 4.53. The molecule has 0 spiro atoms. The molecule has 0 saturated heterocycles. The second-order valence-corrected chi connectivity index (χ2v) is 9.21. The van der Waals surface area contributed by atoms with Crippen molar-refractivity contribution in [2.45, 2.75) is 13.0 Å². The number of ether oxygens (including phenoxy) is 3. The van der Waals surface area contributed by atoms with E-state index >= 15 is 0 Å². The highest BCUT2D eigenvalue weighted by atomic mass is 32.2. The van der Waals surface area contributed by atoms with E-state index < -0.39 is 22.0 Å². The van der Waals surface area contributed by atoms with Crippen LogP contribution in [0.25, 0.3) is 0 Å². The normalized spacial score (nSPS) is 13.7. The standard InChI is InChI=1S/C22H27N3O7S/c1-15(21(26)24-18-7-5-4-6-17(18)22(27)23-10-11-30-2)25(33(3,28)29)16-8-9-19-20(14-16)32-13-12-31-19/h4-9,14-15H,10-13H2,1-3H3,(H,23,27)(H,24,26)/t15-/m1/s1. The Labute approximate surface area is 192 Å². The van der Waals surface area contributed by atoms with Gasteiger partial charge < -0.3 is 24.8 Å². The number of hydrogen-bond acceptors (Lipinski definition) is 7. The predicted molar refractivity (Wildman–Crippen MR) is 123 cm³/mol. The molecule has 33 heavy (non-hydrogen) atoms. The molecule has 2 amide bonds. The molecule has 1 aliphatic heterocycles. The van der Waals surface area contributed by atoms with Gasteiger partial charge in [-0.25, -0.2) is 8.42 Å². The van der Waals surface area contributed by atoms with Crippen molar-refractivity contribution in [1.29, 1.82) is 0 Å². The van der Waals surface area contributed by atoms with E-state index in [-0.39, 0.29) is 22.8 Å². The van der Waals surface area contributed by atoms with E-state index in [1.165, 1.54) is 20.1 Å². The topological polar surface area (TPSA) is 123 Å². The average molecular weight is 478 g/mol. The van der Waals surface area contributed by atoms with Gasteiger partial charge in [0.15, 0.2) is 11.5 Å². The van der Waals surface area contributed by atoms with Gasteiger partial charge in [0.05, 0.1) is 29.8 Å². The van der Waals surface area contributed by atoms with Crippen molar-refractivity contribution < 1.29 is 32.2 Å². The summed E-state index contributed by atoms with van der Waals surface area (Å²) in [6, 6.07) is 10.0. The average Bonchev–Trinajstić information content (AvgIpc) is 2.78. The summed E-state index contributed by atoms with van der Waals surface area (Å²) in [4.78, 5) is 25.6. The highest BCUT2D eigenvalue weighted by Gasteiger charge is 2.31. The quantitative estimate of drug-likeness (QED) is 0.526. The summed E-state index contributed by atoms with van der Waals surface area (Å²) in [6.07, 6.45) is 1.02. The highest BCUT2D eigenvalue weighted by Crippen LogP contribution is 2.35. The van der Waals surface area contributed by atoms with Crippen LogP contribution in [0.15, 0.2) is 42.5 Å². The Morgan fingerprint density at radius 3 is 2.52 bits per heavy atom. The fraction of sp³-hybridized carbons (Fsp3) is 0.364. The van der Waals surface area contributed by atoms with E-state index in [1.54, 1.807) is 36.4 Å². The fourth-order valence-electron chi connectivity index (χ4n) is 3.37. The number of nitrogens with zero attached hydrogens (tertiary/aromatic N) is 1. The number of rotatable bonds is 9. The minimum atomic E-state index is -3.84. The van der Waals surface area contributed by atoms with Gasteiger partial charge in [-0.1, -0.05) is 12.1 Å². The Hall–Kier alpha value is -3.31. The van der Waals surface area contributed by atoms with Crippen molar-refractivity contribution in [1.82, 2.24) is 5.32 Å². The summed E-state index contributed by atoms with van der Waals surface area (Å²) in [7, 11) is -2.31. The molecule has 3 rings (SSSR count). The molecule has 0 aromatic heterocycles. The maximum absolute atomic E-state index is 13.1. The Morgan fingerprint density at radius 1 is 1.12 bits per heavy atom. The molecule has 0 unspecified atom stereocenters. The van der Waals surface area contributed by atoms with Crippen LogP contribution in [-0.2, 0) is 19.6 Å². The number of carbonyl (C=O) groups excluding carboxylic acids is 2. The van der Waals surface area contributed by atoms with Gasteiger partial charge >= 0.3 is 0 Å². The SMILES string of the molecule is COCCNC(=O)c1ccccc1NC(=O)[C@@H](C)N(c1ccc2c(c1)OCCO2)S(C)(=O)=O. The number of amides is 2. The molecule has 1 heterocycles. The van der Waals surface area contributed by atoms with Gasteiger partial charge in [0.1, 0.15) is 19.3 Å². The van der Waals surface area contributed by atoms with Crippen LogP contribution in [0.4, 0.5) is 11.4 Å². The van der Waals surface area contributed by atoms with E-state index in [0.29, 0.717) is 37.9 Å². The summed E-state index contributed by atoms with van der Waals surface area (Å²) < 4.78 is 42.2. The minimum Gasteiger partial charge on any atom is -0.486 e. The molecule has 2 N–H and O–H groups in total. The first-order valence-corrected chi connectivity index (χ1v) is 12.1. The number of methoxy groups -OCH3 is 1.